The van der Waals surface area contributed by atoms with Gasteiger partial charge in [-0.2, -0.15) is 0 Å². The molecule has 0 bridgehead atoms. The standard InChI is InChI=1S/C6H18N4.C4H6O3.4C2H4O2/c7-1-3-9-5-6-10-4-2-8;1-3(5)7-4(2)6;4*1-2(3)4/h9-10H,1-8H2;1-2H3;4*1H3,(H,3,4). The Hall–Kier alpha value is -3.14. The van der Waals surface area contributed by atoms with Crippen LogP contribution in [0, 0.1) is 0 Å². The highest BCUT2D eigenvalue weighted by Crippen LogP contribution is 1.73. The molecule has 33 heavy (non-hydrogen) atoms. The van der Waals surface area contributed by atoms with Crippen LogP contribution in [-0.2, 0) is 33.5 Å². The van der Waals surface area contributed by atoms with Gasteiger partial charge in [0.2, 0.25) is 0 Å². The van der Waals surface area contributed by atoms with Gasteiger partial charge in [-0.15, -0.1) is 0 Å². The van der Waals surface area contributed by atoms with Gasteiger partial charge in [-0.25, -0.2) is 0 Å². The zero-order valence-corrected chi connectivity index (χ0v) is 20.0. The van der Waals surface area contributed by atoms with Crippen LogP contribution >= 0.6 is 0 Å². The van der Waals surface area contributed by atoms with Crippen molar-refractivity contribution in [3.63, 3.8) is 0 Å². The van der Waals surface area contributed by atoms with Crippen LogP contribution in [0.3, 0.4) is 0 Å². The molecule has 0 amide bonds. The lowest BCUT2D eigenvalue weighted by Gasteiger charge is -2.03. The summed E-state index contributed by atoms with van der Waals surface area (Å²) in [6.45, 7) is 11.8. The normalized spacial score (nSPS) is 7.76. The molecular weight excluding hydrogens is 448 g/mol. The fraction of sp³-hybridized carbons (Fsp3) is 0.667. The van der Waals surface area contributed by atoms with Gasteiger partial charge in [-0.3, -0.25) is 28.8 Å². The average molecular weight is 489 g/mol. The molecule has 0 unspecified atom stereocenters. The van der Waals surface area contributed by atoms with E-state index in [4.69, 9.17) is 51.1 Å². The number of rotatable bonds is 7. The number of hydrogen-bond acceptors (Lipinski definition) is 11. The van der Waals surface area contributed by atoms with Crippen molar-refractivity contribution in [1.29, 1.82) is 0 Å². The summed E-state index contributed by atoms with van der Waals surface area (Å²) in [5.74, 6) is -4.46. The highest BCUT2D eigenvalue weighted by Gasteiger charge is 1.93. The molecule has 0 rings (SSSR count). The van der Waals surface area contributed by atoms with E-state index in [9.17, 15) is 9.59 Å². The molecule has 0 saturated heterocycles. The molecule has 0 aliphatic heterocycles. The molecule has 0 spiro atoms. The number of ether oxygens (including phenoxy) is 1. The van der Waals surface area contributed by atoms with Gasteiger partial charge in [-0.05, 0) is 0 Å². The maximum atomic E-state index is 9.81. The third-order valence-electron chi connectivity index (χ3n) is 1.41. The summed E-state index contributed by atoms with van der Waals surface area (Å²) in [5, 5.41) is 36.0. The third kappa shape index (κ3) is 337. The molecule has 0 saturated carbocycles. The van der Waals surface area contributed by atoms with E-state index in [1.807, 2.05) is 0 Å². The summed E-state index contributed by atoms with van der Waals surface area (Å²) >= 11 is 0. The predicted octanol–water partition coefficient (Wildman–Crippen LogP) is -1.46. The smallest absolute Gasteiger partial charge is 0.310 e. The van der Waals surface area contributed by atoms with Crippen molar-refractivity contribution >= 4 is 35.8 Å². The van der Waals surface area contributed by atoms with E-state index < -0.39 is 35.8 Å². The van der Waals surface area contributed by atoms with E-state index in [2.05, 4.69) is 15.4 Å². The fourth-order valence-corrected chi connectivity index (χ4v) is 0.833. The van der Waals surface area contributed by atoms with Gasteiger partial charge < -0.3 is 47.3 Å². The molecule has 0 atom stereocenters. The minimum atomic E-state index is -0.833. The Morgan fingerprint density at radius 3 is 0.818 bits per heavy atom. The summed E-state index contributed by atoms with van der Waals surface area (Å²) in [4.78, 5) is 55.6. The summed E-state index contributed by atoms with van der Waals surface area (Å²) in [7, 11) is 0. The molecule has 0 aromatic carbocycles. The second-order valence-corrected chi connectivity index (χ2v) is 5.24. The van der Waals surface area contributed by atoms with Crippen LogP contribution in [0.2, 0.25) is 0 Å². The van der Waals surface area contributed by atoms with Gasteiger partial charge in [0.05, 0.1) is 0 Å². The van der Waals surface area contributed by atoms with Crippen molar-refractivity contribution in [2.45, 2.75) is 41.5 Å². The maximum absolute atomic E-state index is 9.81. The van der Waals surface area contributed by atoms with E-state index in [1.54, 1.807) is 0 Å². The van der Waals surface area contributed by atoms with Crippen molar-refractivity contribution in [3.05, 3.63) is 0 Å². The fourth-order valence-electron chi connectivity index (χ4n) is 0.833. The van der Waals surface area contributed by atoms with E-state index in [0.717, 1.165) is 53.9 Å². The molecule has 0 aromatic rings. The molecule has 0 aliphatic carbocycles. The lowest BCUT2D eigenvalue weighted by atomic mass is 10.5. The Labute approximate surface area is 193 Å². The molecule has 0 heterocycles. The van der Waals surface area contributed by atoms with Crippen LogP contribution in [0.4, 0.5) is 0 Å². The Morgan fingerprint density at radius 2 is 0.727 bits per heavy atom. The van der Waals surface area contributed by atoms with Crippen LogP contribution in [0.25, 0.3) is 0 Å². The van der Waals surface area contributed by atoms with E-state index >= 15 is 0 Å². The van der Waals surface area contributed by atoms with Crippen molar-refractivity contribution in [1.82, 2.24) is 10.6 Å². The van der Waals surface area contributed by atoms with Crippen molar-refractivity contribution < 1.29 is 53.9 Å². The van der Waals surface area contributed by atoms with Gasteiger partial charge in [0.1, 0.15) is 0 Å². The highest BCUT2D eigenvalue weighted by atomic mass is 16.6. The Balaban J connectivity index is -0.0000000699. The molecule has 15 heteroatoms. The van der Waals surface area contributed by atoms with E-state index in [-0.39, 0.29) is 0 Å². The summed E-state index contributed by atoms with van der Waals surface area (Å²) in [5.41, 5.74) is 10.5. The quantitative estimate of drug-likeness (QED) is 0.115. The minimum absolute atomic E-state index is 0.562. The molecule has 198 valence electrons. The predicted molar refractivity (Wildman–Crippen MR) is 120 cm³/mol. The summed E-state index contributed by atoms with van der Waals surface area (Å²) in [6, 6.07) is 0. The minimum Gasteiger partial charge on any atom is -0.481 e. The van der Waals surface area contributed by atoms with E-state index in [0.29, 0.717) is 13.1 Å². The van der Waals surface area contributed by atoms with Crippen LogP contribution < -0.4 is 22.1 Å². The molecule has 15 nitrogen and oxygen atoms in total. The van der Waals surface area contributed by atoms with E-state index in [1.165, 1.54) is 13.8 Å². The molecule has 0 radical (unpaired) electrons. The molecular formula is C18H40N4O11. The molecule has 0 aromatic heterocycles. The first kappa shape index (κ1) is 43.7. The first-order chi connectivity index (χ1) is 15.0. The van der Waals surface area contributed by atoms with Crippen LogP contribution in [-0.4, -0.2) is 95.5 Å². The average Bonchev–Trinajstić information content (AvgIpc) is 2.55. The zero-order valence-electron chi connectivity index (χ0n) is 20.0. The Morgan fingerprint density at radius 1 is 0.545 bits per heavy atom. The number of nitrogens with two attached hydrogens (primary N) is 2. The highest BCUT2D eigenvalue weighted by molar-refractivity contribution is 5.82. The number of carboxylic acids is 4. The van der Waals surface area contributed by atoms with Gasteiger partial charge in [-0.1, -0.05) is 0 Å². The molecule has 0 aliphatic rings. The van der Waals surface area contributed by atoms with Gasteiger partial charge in [0, 0.05) is 80.8 Å². The largest absolute Gasteiger partial charge is 0.481 e. The van der Waals surface area contributed by atoms with Crippen molar-refractivity contribution in [2.75, 3.05) is 39.3 Å². The SMILES string of the molecule is CC(=O)O.CC(=O)O.CC(=O)O.CC(=O)O.CC(=O)OC(C)=O.NCCNCCNCCN. The lowest BCUT2D eigenvalue weighted by Crippen LogP contribution is -2.32. The topological polar surface area (TPSA) is 269 Å². The second kappa shape index (κ2) is 39.3. The van der Waals surface area contributed by atoms with Crippen LogP contribution in [0.15, 0.2) is 0 Å². The molecule has 0 fully saturated rings. The first-order valence-electron chi connectivity index (χ1n) is 9.26. The second-order valence-electron chi connectivity index (χ2n) is 5.24. The Bertz CT molecular complexity index is 432. The summed E-state index contributed by atoms with van der Waals surface area (Å²) < 4.78 is 3.97. The van der Waals surface area contributed by atoms with Crippen molar-refractivity contribution in [3.8, 4) is 0 Å². The Kier molecular flexibility index (Phi) is 52.1. The third-order valence-corrected chi connectivity index (χ3v) is 1.41. The zero-order chi connectivity index (χ0) is 27.8. The maximum Gasteiger partial charge on any atom is 0.310 e. The number of hydrogen-bond donors (Lipinski definition) is 8. The number of carbonyl (C=O) groups excluding carboxylic acids is 2. The monoisotopic (exact) mass is 488 g/mol. The lowest BCUT2D eigenvalue weighted by molar-refractivity contribution is -0.156. The van der Waals surface area contributed by atoms with Crippen LogP contribution in [0.1, 0.15) is 41.5 Å². The number of carbonyl (C=O) groups is 6. The van der Waals surface area contributed by atoms with Crippen LogP contribution in [0.5, 0.6) is 0 Å². The number of esters is 2. The first-order valence-corrected chi connectivity index (χ1v) is 9.26. The molecule has 10 N–H and O–H groups in total. The number of nitrogens with one attached hydrogen (secondary N) is 2. The van der Waals surface area contributed by atoms with Gasteiger partial charge in [0.15, 0.2) is 0 Å². The van der Waals surface area contributed by atoms with Gasteiger partial charge >= 0.3 is 11.9 Å². The van der Waals surface area contributed by atoms with Crippen molar-refractivity contribution in [2.24, 2.45) is 11.5 Å². The number of aliphatic carboxylic acids is 4. The number of carboxylic acid groups (broad SMARTS) is 4. The van der Waals surface area contributed by atoms with Gasteiger partial charge in [0.25, 0.3) is 23.9 Å². The summed E-state index contributed by atoms with van der Waals surface area (Å²) in [6.07, 6.45) is 0.